The van der Waals surface area contributed by atoms with Crippen molar-refractivity contribution < 1.29 is 32.3 Å². The number of imide groups is 1. The van der Waals surface area contributed by atoms with Crippen molar-refractivity contribution in [2.45, 2.75) is 6.18 Å². The van der Waals surface area contributed by atoms with Crippen LogP contribution in [0, 0.1) is 0 Å². The number of carbonyl (C=O) groups excluding carboxylic acids is 3. The number of ether oxygens (including phenoxy) is 1. The molecule has 8 nitrogen and oxygen atoms in total. The number of halogens is 4. The number of anilines is 1. The minimum Gasteiger partial charge on any atom is -0.457 e. The lowest BCUT2D eigenvalue weighted by Crippen LogP contribution is -2.34. The van der Waals surface area contributed by atoms with Gasteiger partial charge in [0.15, 0.2) is 0 Å². The Labute approximate surface area is 196 Å². The minimum atomic E-state index is -4.75. The molecule has 0 fully saturated rings. The zero-order chi connectivity index (χ0) is 24.9. The van der Waals surface area contributed by atoms with Crippen LogP contribution in [0.3, 0.4) is 0 Å². The van der Waals surface area contributed by atoms with Gasteiger partial charge in [0.05, 0.1) is 10.6 Å². The van der Waals surface area contributed by atoms with E-state index in [-0.39, 0.29) is 22.9 Å². The van der Waals surface area contributed by atoms with Crippen molar-refractivity contribution in [3.63, 3.8) is 0 Å². The molecule has 3 rings (SSSR count). The number of alkyl halides is 3. The van der Waals surface area contributed by atoms with E-state index in [0.717, 1.165) is 12.1 Å². The zero-order valence-electron chi connectivity index (χ0n) is 17.4. The van der Waals surface area contributed by atoms with E-state index in [2.05, 4.69) is 15.6 Å². The Hall–Kier alpha value is -4.12. The molecular weight excluding hydrogens is 477 g/mol. The number of hydrogen-bond acceptors (Lipinski definition) is 5. The van der Waals surface area contributed by atoms with Crippen LogP contribution in [0.1, 0.15) is 26.4 Å². The smallest absolute Gasteiger partial charge is 0.417 e. The summed E-state index contributed by atoms with van der Waals surface area (Å²) in [6.45, 7) is 0. The molecule has 1 aromatic heterocycles. The highest BCUT2D eigenvalue weighted by atomic mass is 35.5. The van der Waals surface area contributed by atoms with Crippen LogP contribution in [-0.2, 0) is 6.18 Å². The lowest BCUT2D eigenvalue weighted by molar-refractivity contribution is -0.137. The molecule has 0 aliphatic rings. The van der Waals surface area contributed by atoms with Gasteiger partial charge in [-0.05, 0) is 48.5 Å². The van der Waals surface area contributed by atoms with E-state index in [1.54, 1.807) is 6.07 Å². The summed E-state index contributed by atoms with van der Waals surface area (Å²) in [6.07, 6.45) is -3.34. The molecule has 176 valence electrons. The molecule has 0 saturated heterocycles. The normalized spacial score (nSPS) is 10.9. The quantitative estimate of drug-likeness (QED) is 0.471. The predicted molar refractivity (Wildman–Crippen MR) is 117 cm³/mol. The van der Waals surface area contributed by atoms with Crippen LogP contribution in [0.25, 0.3) is 0 Å². The molecule has 1 heterocycles. The van der Waals surface area contributed by atoms with Crippen molar-refractivity contribution in [3.8, 4) is 11.5 Å². The maximum atomic E-state index is 13.0. The van der Waals surface area contributed by atoms with E-state index in [0.29, 0.717) is 17.6 Å². The number of urea groups is 1. The van der Waals surface area contributed by atoms with Crippen LogP contribution in [0.5, 0.6) is 11.5 Å². The summed E-state index contributed by atoms with van der Waals surface area (Å²) in [5.74, 6) is -0.668. The van der Waals surface area contributed by atoms with Gasteiger partial charge in [-0.2, -0.15) is 13.2 Å². The van der Waals surface area contributed by atoms with Gasteiger partial charge in [0, 0.05) is 30.6 Å². The van der Waals surface area contributed by atoms with Crippen molar-refractivity contribution in [1.29, 1.82) is 0 Å². The van der Waals surface area contributed by atoms with E-state index in [9.17, 15) is 27.6 Å². The molecule has 3 aromatic rings. The number of nitrogens with one attached hydrogen (secondary N) is 3. The van der Waals surface area contributed by atoms with Gasteiger partial charge in [-0.15, -0.1) is 0 Å². The van der Waals surface area contributed by atoms with E-state index in [4.69, 9.17) is 16.3 Å². The second-order valence-corrected chi connectivity index (χ2v) is 7.09. The number of hydrogen-bond donors (Lipinski definition) is 3. The first kappa shape index (κ1) is 24.5. The molecule has 34 heavy (non-hydrogen) atoms. The van der Waals surface area contributed by atoms with Gasteiger partial charge in [-0.3, -0.25) is 19.9 Å². The molecule has 2 aromatic carbocycles. The topological polar surface area (TPSA) is 109 Å². The summed E-state index contributed by atoms with van der Waals surface area (Å²) in [7, 11) is 1.47. The zero-order valence-corrected chi connectivity index (χ0v) is 18.1. The van der Waals surface area contributed by atoms with Crippen LogP contribution in [0.15, 0.2) is 60.8 Å². The molecule has 0 spiro atoms. The molecule has 0 radical (unpaired) electrons. The third-order valence-electron chi connectivity index (χ3n) is 4.30. The lowest BCUT2D eigenvalue weighted by atomic mass is 10.1. The number of pyridine rings is 1. The maximum Gasteiger partial charge on any atom is 0.417 e. The van der Waals surface area contributed by atoms with Crippen LogP contribution in [0.2, 0.25) is 5.02 Å². The summed E-state index contributed by atoms with van der Waals surface area (Å²) < 4.78 is 44.5. The maximum absolute atomic E-state index is 13.0. The molecule has 0 unspecified atom stereocenters. The highest BCUT2D eigenvalue weighted by molar-refractivity contribution is 6.31. The fourth-order valence-corrected chi connectivity index (χ4v) is 2.92. The molecule has 12 heteroatoms. The number of aromatic nitrogens is 1. The molecule has 0 atom stereocenters. The average Bonchev–Trinajstić information content (AvgIpc) is 2.79. The molecule has 0 saturated carbocycles. The van der Waals surface area contributed by atoms with Gasteiger partial charge in [-0.1, -0.05) is 11.6 Å². The Morgan fingerprint density at radius 3 is 2.29 bits per heavy atom. The summed E-state index contributed by atoms with van der Waals surface area (Å²) in [5.41, 5.74) is -1.12. The average molecular weight is 493 g/mol. The van der Waals surface area contributed by atoms with Gasteiger partial charge >= 0.3 is 12.2 Å². The predicted octanol–water partition coefficient (Wildman–Crippen LogP) is 4.87. The van der Waals surface area contributed by atoms with Gasteiger partial charge in [0.25, 0.3) is 11.8 Å². The second kappa shape index (κ2) is 10.2. The third-order valence-corrected chi connectivity index (χ3v) is 4.63. The Morgan fingerprint density at radius 2 is 1.65 bits per heavy atom. The summed E-state index contributed by atoms with van der Waals surface area (Å²) in [4.78, 5) is 39.8. The second-order valence-electron chi connectivity index (χ2n) is 6.68. The van der Waals surface area contributed by atoms with Crippen LogP contribution in [-0.4, -0.2) is 29.9 Å². The molecule has 3 N–H and O–H groups in total. The first-order valence-electron chi connectivity index (χ1n) is 9.52. The number of amides is 4. The van der Waals surface area contributed by atoms with Crippen LogP contribution >= 0.6 is 11.6 Å². The summed E-state index contributed by atoms with van der Waals surface area (Å²) in [6, 6.07) is 10.6. The number of benzene rings is 2. The minimum absolute atomic E-state index is 0.169. The Kier molecular flexibility index (Phi) is 7.37. The lowest BCUT2D eigenvalue weighted by Gasteiger charge is -2.11. The van der Waals surface area contributed by atoms with Crippen LogP contribution in [0.4, 0.5) is 23.7 Å². The summed E-state index contributed by atoms with van der Waals surface area (Å²) in [5, 5.41) is 6.22. The molecule has 0 bridgehead atoms. The van der Waals surface area contributed by atoms with Crippen molar-refractivity contribution in [1.82, 2.24) is 15.6 Å². The molecule has 0 aliphatic carbocycles. The highest BCUT2D eigenvalue weighted by Gasteiger charge is 2.34. The van der Waals surface area contributed by atoms with E-state index in [1.807, 2.05) is 5.32 Å². The first-order chi connectivity index (χ1) is 16.1. The third kappa shape index (κ3) is 6.23. The SMILES string of the molecule is CNC(=O)c1cc(Oc2ccc(NC(=O)NC(=O)c3ccc(Cl)c(C(F)(F)F)c3)cc2)ccn1. The monoisotopic (exact) mass is 492 g/mol. The van der Waals surface area contributed by atoms with E-state index >= 15 is 0 Å². The first-order valence-corrected chi connectivity index (χ1v) is 9.90. The largest absolute Gasteiger partial charge is 0.457 e. The summed E-state index contributed by atoms with van der Waals surface area (Å²) >= 11 is 5.53. The Morgan fingerprint density at radius 1 is 0.941 bits per heavy atom. The number of rotatable bonds is 5. The number of nitrogens with zero attached hydrogens (tertiary/aromatic N) is 1. The number of carbonyl (C=O) groups is 3. The fraction of sp³-hybridized carbons (Fsp3) is 0.0909. The van der Waals surface area contributed by atoms with E-state index in [1.165, 1.54) is 43.6 Å². The van der Waals surface area contributed by atoms with Crippen LogP contribution < -0.4 is 20.7 Å². The van der Waals surface area contributed by atoms with Gasteiger partial charge in [0.2, 0.25) is 0 Å². The van der Waals surface area contributed by atoms with Gasteiger partial charge in [-0.25, -0.2) is 4.79 Å². The van der Waals surface area contributed by atoms with Gasteiger partial charge < -0.3 is 15.4 Å². The van der Waals surface area contributed by atoms with Crippen molar-refractivity contribution in [3.05, 3.63) is 82.6 Å². The standard InChI is InChI=1S/C22H16ClF3N4O4/c1-27-20(32)18-11-15(8-9-28-18)34-14-5-3-13(4-6-14)29-21(33)30-19(31)12-2-7-17(23)16(10-12)22(24,25)26/h2-11H,1H3,(H,27,32)(H2,29,30,31,33). The fourth-order valence-electron chi connectivity index (χ4n) is 2.69. The Balaban J connectivity index is 1.61. The van der Waals surface area contributed by atoms with Crippen molar-refractivity contribution in [2.24, 2.45) is 0 Å². The highest BCUT2D eigenvalue weighted by Crippen LogP contribution is 2.35. The van der Waals surface area contributed by atoms with Crippen molar-refractivity contribution >= 4 is 35.1 Å². The van der Waals surface area contributed by atoms with E-state index < -0.39 is 28.7 Å². The Bertz CT molecular complexity index is 1230. The molecule has 0 aliphatic heterocycles. The van der Waals surface area contributed by atoms with Crippen molar-refractivity contribution in [2.75, 3.05) is 12.4 Å². The molecule has 4 amide bonds. The van der Waals surface area contributed by atoms with Gasteiger partial charge in [0.1, 0.15) is 17.2 Å². The molecular formula is C22H16ClF3N4O4.